The third kappa shape index (κ3) is 5.34. The molecule has 0 aromatic carbocycles. The minimum Gasteiger partial charge on any atom is -0.339 e. The van der Waals surface area contributed by atoms with Gasteiger partial charge in [0, 0.05) is 32.2 Å². The summed E-state index contributed by atoms with van der Waals surface area (Å²) in [7, 11) is -3.20. The normalized spacial score (nSPS) is 20.6. The lowest BCUT2D eigenvalue weighted by Gasteiger charge is -2.33. The van der Waals surface area contributed by atoms with Crippen molar-refractivity contribution in [2.75, 3.05) is 38.5 Å². The molecule has 0 radical (unpaired) electrons. The molecule has 1 aliphatic carbocycles. The number of carbonyl (C=O) groups excluding carboxylic acids is 2. The fraction of sp³-hybridized carbons (Fsp3) is 0.867. The molecule has 138 valence electrons. The van der Waals surface area contributed by atoms with Gasteiger partial charge in [-0.15, -0.1) is 0 Å². The second kappa shape index (κ2) is 8.66. The Morgan fingerprint density at radius 3 is 2.25 bits per heavy atom. The summed E-state index contributed by atoms with van der Waals surface area (Å²) >= 11 is 0. The first kappa shape index (κ1) is 19.0. The standard InChI is InChI=1S/C15H28N4O4S/c1-2-24(22,23)19-10-8-18(9-11-19)14(20)12-16-15(21)17-13-6-4-3-5-7-13/h13H,2-12H2,1H3,(H2,16,17,21). The van der Waals surface area contributed by atoms with Gasteiger partial charge in [-0.1, -0.05) is 19.3 Å². The van der Waals surface area contributed by atoms with Crippen molar-refractivity contribution in [1.82, 2.24) is 19.8 Å². The van der Waals surface area contributed by atoms with Gasteiger partial charge >= 0.3 is 6.03 Å². The molecule has 8 nitrogen and oxygen atoms in total. The van der Waals surface area contributed by atoms with E-state index in [1.54, 1.807) is 11.8 Å². The smallest absolute Gasteiger partial charge is 0.315 e. The Balaban J connectivity index is 1.69. The molecule has 2 aliphatic rings. The Kier molecular flexibility index (Phi) is 6.85. The highest BCUT2D eigenvalue weighted by Crippen LogP contribution is 2.17. The van der Waals surface area contributed by atoms with Crippen LogP contribution in [-0.4, -0.2) is 74.1 Å². The van der Waals surface area contributed by atoms with Crippen molar-refractivity contribution in [1.29, 1.82) is 0 Å². The third-order valence-corrected chi connectivity index (χ3v) is 6.57. The summed E-state index contributed by atoms with van der Waals surface area (Å²) < 4.78 is 25.0. The highest BCUT2D eigenvalue weighted by molar-refractivity contribution is 7.89. The largest absolute Gasteiger partial charge is 0.339 e. The van der Waals surface area contributed by atoms with E-state index in [2.05, 4.69) is 10.6 Å². The number of nitrogens with zero attached hydrogens (tertiary/aromatic N) is 2. The van der Waals surface area contributed by atoms with E-state index in [4.69, 9.17) is 0 Å². The predicted molar refractivity (Wildman–Crippen MR) is 91.0 cm³/mol. The summed E-state index contributed by atoms with van der Waals surface area (Å²) in [5, 5.41) is 5.51. The molecule has 0 bridgehead atoms. The summed E-state index contributed by atoms with van der Waals surface area (Å²) in [6.45, 7) is 2.92. The maximum Gasteiger partial charge on any atom is 0.315 e. The van der Waals surface area contributed by atoms with E-state index in [1.807, 2.05) is 0 Å². The lowest BCUT2D eigenvalue weighted by Crippen LogP contribution is -2.53. The van der Waals surface area contributed by atoms with E-state index in [0.29, 0.717) is 26.2 Å². The number of urea groups is 1. The highest BCUT2D eigenvalue weighted by atomic mass is 32.2. The van der Waals surface area contributed by atoms with Gasteiger partial charge < -0.3 is 15.5 Å². The van der Waals surface area contributed by atoms with Gasteiger partial charge in [0.25, 0.3) is 0 Å². The predicted octanol–water partition coefficient (Wildman–Crippen LogP) is 0.112. The van der Waals surface area contributed by atoms with Crippen LogP contribution in [0.3, 0.4) is 0 Å². The van der Waals surface area contributed by atoms with Crippen molar-refractivity contribution in [3.63, 3.8) is 0 Å². The fourth-order valence-electron chi connectivity index (χ4n) is 3.15. The van der Waals surface area contributed by atoms with Gasteiger partial charge in [0.15, 0.2) is 0 Å². The van der Waals surface area contributed by atoms with E-state index in [0.717, 1.165) is 25.7 Å². The Labute approximate surface area is 144 Å². The molecule has 1 saturated heterocycles. The van der Waals surface area contributed by atoms with Crippen LogP contribution in [0.5, 0.6) is 0 Å². The molecule has 1 aliphatic heterocycles. The molecule has 24 heavy (non-hydrogen) atoms. The SMILES string of the molecule is CCS(=O)(=O)N1CCN(C(=O)CNC(=O)NC2CCCCC2)CC1. The van der Waals surface area contributed by atoms with Crippen molar-refractivity contribution >= 4 is 22.0 Å². The first-order valence-corrected chi connectivity index (χ1v) is 10.3. The minimum atomic E-state index is -3.20. The van der Waals surface area contributed by atoms with Crippen LogP contribution in [0, 0.1) is 0 Å². The second-order valence-corrected chi connectivity index (χ2v) is 8.60. The molecule has 1 heterocycles. The molecule has 0 aromatic rings. The third-order valence-electron chi connectivity index (χ3n) is 4.69. The van der Waals surface area contributed by atoms with Gasteiger partial charge in [0.05, 0.1) is 12.3 Å². The van der Waals surface area contributed by atoms with E-state index in [-0.39, 0.29) is 30.3 Å². The lowest BCUT2D eigenvalue weighted by molar-refractivity contribution is -0.131. The lowest BCUT2D eigenvalue weighted by atomic mass is 9.96. The maximum absolute atomic E-state index is 12.1. The summed E-state index contributed by atoms with van der Waals surface area (Å²) in [5.74, 6) is -0.105. The molecular weight excluding hydrogens is 332 g/mol. The van der Waals surface area contributed by atoms with Gasteiger partial charge in [-0.2, -0.15) is 4.31 Å². The summed E-state index contributed by atoms with van der Waals surface area (Å²) in [6, 6.07) is -0.0981. The van der Waals surface area contributed by atoms with Crippen LogP contribution >= 0.6 is 0 Å². The number of sulfonamides is 1. The Morgan fingerprint density at radius 2 is 1.67 bits per heavy atom. The summed E-state index contributed by atoms with van der Waals surface area (Å²) in [4.78, 5) is 25.6. The Hall–Kier alpha value is -1.35. The fourth-order valence-corrected chi connectivity index (χ4v) is 4.23. The van der Waals surface area contributed by atoms with Crippen LogP contribution in [-0.2, 0) is 14.8 Å². The molecule has 0 spiro atoms. The van der Waals surface area contributed by atoms with Gasteiger partial charge in [-0.05, 0) is 19.8 Å². The zero-order chi connectivity index (χ0) is 17.6. The van der Waals surface area contributed by atoms with Gasteiger partial charge in [-0.25, -0.2) is 13.2 Å². The molecule has 0 atom stereocenters. The summed E-state index contributed by atoms with van der Waals surface area (Å²) in [6.07, 6.45) is 5.48. The van der Waals surface area contributed by atoms with Crippen LogP contribution in [0.4, 0.5) is 4.79 Å². The number of amides is 3. The molecule has 2 fully saturated rings. The topological polar surface area (TPSA) is 98.8 Å². The molecule has 1 saturated carbocycles. The molecule has 3 amide bonds. The van der Waals surface area contributed by atoms with Crippen molar-refractivity contribution in [3.05, 3.63) is 0 Å². The van der Waals surface area contributed by atoms with Crippen LogP contribution in [0.2, 0.25) is 0 Å². The van der Waals surface area contributed by atoms with Crippen molar-refractivity contribution < 1.29 is 18.0 Å². The minimum absolute atomic E-state index is 0.0565. The van der Waals surface area contributed by atoms with Crippen molar-refractivity contribution in [2.45, 2.75) is 45.1 Å². The first-order valence-electron chi connectivity index (χ1n) is 8.72. The number of piperazine rings is 1. The number of carbonyl (C=O) groups is 2. The number of hydrogen-bond donors (Lipinski definition) is 2. The quantitative estimate of drug-likeness (QED) is 0.727. The average molecular weight is 360 g/mol. The van der Waals surface area contributed by atoms with E-state index < -0.39 is 10.0 Å². The van der Waals surface area contributed by atoms with E-state index in [1.165, 1.54) is 10.7 Å². The zero-order valence-electron chi connectivity index (χ0n) is 14.3. The van der Waals surface area contributed by atoms with Crippen molar-refractivity contribution in [3.8, 4) is 0 Å². The number of nitrogens with one attached hydrogen (secondary N) is 2. The van der Waals surface area contributed by atoms with Crippen LogP contribution < -0.4 is 10.6 Å². The maximum atomic E-state index is 12.1. The average Bonchev–Trinajstić information content (AvgIpc) is 2.60. The van der Waals surface area contributed by atoms with Gasteiger partial charge in [0.2, 0.25) is 15.9 Å². The van der Waals surface area contributed by atoms with Crippen LogP contribution in [0.15, 0.2) is 0 Å². The molecule has 2 rings (SSSR count). The molecule has 0 unspecified atom stereocenters. The van der Waals surface area contributed by atoms with Crippen LogP contribution in [0.25, 0.3) is 0 Å². The van der Waals surface area contributed by atoms with Gasteiger partial charge in [-0.3, -0.25) is 4.79 Å². The Morgan fingerprint density at radius 1 is 1.04 bits per heavy atom. The number of rotatable bonds is 5. The zero-order valence-corrected chi connectivity index (χ0v) is 15.1. The molecule has 0 aromatic heterocycles. The van der Waals surface area contributed by atoms with E-state index >= 15 is 0 Å². The first-order chi connectivity index (χ1) is 11.4. The molecule has 9 heteroatoms. The second-order valence-electron chi connectivity index (χ2n) is 6.34. The highest BCUT2D eigenvalue weighted by Gasteiger charge is 2.27. The van der Waals surface area contributed by atoms with Gasteiger partial charge in [0.1, 0.15) is 0 Å². The number of hydrogen-bond acceptors (Lipinski definition) is 4. The Bertz CT molecular complexity index is 538. The molecular formula is C15H28N4O4S. The van der Waals surface area contributed by atoms with Crippen LogP contribution in [0.1, 0.15) is 39.0 Å². The van der Waals surface area contributed by atoms with Crippen molar-refractivity contribution in [2.24, 2.45) is 0 Å². The molecule has 2 N–H and O–H groups in total. The van der Waals surface area contributed by atoms with E-state index in [9.17, 15) is 18.0 Å². The summed E-state index contributed by atoms with van der Waals surface area (Å²) in [5.41, 5.74) is 0. The monoisotopic (exact) mass is 360 g/mol.